The van der Waals surface area contributed by atoms with Crippen molar-refractivity contribution in [1.82, 2.24) is 14.6 Å². The van der Waals surface area contributed by atoms with Crippen LogP contribution >= 0.6 is 0 Å². The van der Waals surface area contributed by atoms with Gasteiger partial charge in [-0.2, -0.15) is 0 Å². The van der Waals surface area contributed by atoms with Gasteiger partial charge in [-0.25, -0.2) is 13.9 Å². The molecule has 1 atom stereocenters. The van der Waals surface area contributed by atoms with Crippen molar-refractivity contribution in [3.8, 4) is 11.1 Å². The Kier molecular flexibility index (Phi) is 4.51. The van der Waals surface area contributed by atoms with E-state index in [-0.39, 0.29) is 17.9 Å². The van der Waals surface area contributed by atoms with E-state index in [1.54, 1.807) is 10.7 Å². The van der Waals surface area contributed by atoms with Crippen LogP contribution in [-0.2, 0) is 0 Å². The molecule has 0 spiro atoms. The molecule has 3 N–H and O–H groups in total. The lowest BCUT2D eigenvalue weighted by atomic mass is 9.77. The Labute approximate surface area is 180 Å². The number of aliphatic imine (C=N–C) groups is 1. The highest BCUT2D eigenvalue weighted by Crippen LogP contribution is 2.39. The van der Waals surface area contributed by atoms with E-state index in [0.717, 1.165) is 22.4 Å². The predicted molar refractivity (Wildman–Crippen MR) is 121 cm³/mol. The monoisotopic (exact) mass is 422 g/mol. The SMILES string of the molecule is CC1=Nc2c(F)cc(-c3ccn4nc(NC5CC(C)(O)C5)ncc34)cc2N[C@H]1C(C)C. The summed E-state index contributed by atoms with van der Waals surface area (Å²) in [6, 6.07) is 5.63. The molecule has 3 aromatic rings. The summed E-state index contributed by atoms with van der Waals surface area (Å²) in [7, 11) is 0. The first kappa shape index (κ1) is 19.9. The van der Waals surface area contributed by atoms with Gasteiger partial charge in [0, 0.05) is 23.5 Å². The van der Waals surface area contributed by atoms with Crippen LogP contribution in [-0.4, -0.2) is 43.1 Å². The van der Waals surface area contributed by atoms with Crippen LogP contribution in [0, 0.1) is 11.7 Å². The number of aliphatic hydroxyl groups is 1. The van der Waals surface area contributed by atoms with Crippen LogP contribution in [0.3, 0.4) is 0 Å². The van der Waals surface area contributed by atoms with Gasteiger partial charge in [0.05, 0.1) is 29.0 Å². The molecule has 2 aromatic heterocycles. The molecule has 5 rings (SSSR count). The molecule has 3 heterocycles. The number of hydrogen-bond acceptors (Lipinski definition) is 6. The van der Waals surface area contributed by atoms with Crippen LogP contribution in [0.5, 0.6) is 0 Å². The molecule has 31 heavy (non-hydrogen) atoms. The van der Waals surface area contributed by atoms with E-state index in [9.17, 15) is 9.50 Å². The van der Waals surface area contributed by atoms with Crippen molar-refractivity contribution < 1.29 is 9.50 Å². The summed E-state index contributed by atoms with van der Waals surface area (Å²) < 4.78 is 16.7. The summed E-state index contributed by atoms with van der Waals surface area (Å²) in [5.41, 5.74) is 3.75. The summed E-state index contributed by atoms with van der Waals surface area (Å²) in [5, 5.41) is 21.1. The number of rotatable bonds is 4. The van der Waals surface area contributed by atoms with Crippen molar-refractivity contribution in [2.24, 2.45) is 10.9 Å². The van der Waals surface area contributed by atoms with Crippen LogP contribution in [0.2, 0.25) is 0 Å². The molecule has 0 amide bonds. The van der Waals surface area contributed by atoms with Crippen LogP contribution < -0.4 is 10.6 Å². The van der Waals surface area contributed by atoms with Crippen molar-refractivity contribution >= 4 is 28.6 Å². The topological polar surface area (TPSA) is 86.8 Å². The third-order valence-corrected chi connectivity index (χ3v) is 6.21. The van der Waals surface area contributed by atoms with Crippen molar-refractivity contribution in [3.63, 3.8) is 0 Å². The fourth-order valence-electron chi connectivity index (χ4n) is 4.64. The van der Waals surface area contributed by atoms with Gasteiger partial charge in [-0.15, -0.1) is 5.10 Å². The van der Waals surface area contributed by atoms with Crippen molar-refractivity contribution in [1.29, 1.82) is 0 Å². The summed E-state index contributed by atoms with van der Waals surface area (Å²) in [6.07, 6.45) is 4.93. The van der Waals surface area contributed by atoms with E-state index >= 15 is 0 Å². The van der Waals surface area contributed by atoms with Crippen molar-refractivity contribution in [2.75, 3.05) is 10.6 Å². The lowest BCUT2D eigenvalue weighted by molar-refractivity contribution is -0.0236. The van der Waals surface area contributed by atoms with E-state index in [4.69, 9.17) is 0 Å². The second kappa shape index (κ2) is 7.02. The fraction of sp³-hybridized carbons (Fsp3) is 0.435. The van der Waals surface area contributed by atoms with E-state index in [1.165, 1.54) is 6.07 Å². The minimum atomic E-state index is -0.607. The van der Waals surface area contributed by atoms with Crippen LogP contribution in [0.15, 0.2) is 35.6 Å². The zero-order valence-corrected chi connectivity index (χ0v) is 18.1. The zero-order chi connectivity index (χ0) is 21.9. The van der Waals surface area contributed by atoms with Gasteiger partial charge in [0.1, 0.15) is 5.69 Å². The Morgan fingerprint density at radius 1 is 1.32 bits per heavy atom. The molecule has 7 nitrogen and oxygen atoms in total. The third-order valence-electron chi connectivity index (χ3n) is 6.21. The molecule has 2 aliphatic rings. The molecule has 0 unspecified atom stereocenters. The van der Waals surface area contributed by atoms with Gasteiger partial charge >= 0.3 is 0 Å². The highest BCUT2D eigenvalue weighted by Gasteiger charge is 2.38. The second-order valence-corrected chi connectivity index (χ2v) is 9.36. The quantitative estimate of drug-likeness (QED) is 0.580. The van der Waals surface area contributed by atoms with Crippen molar-refractivity contribution in [2.45, 2.75) is 58.2 Å². The van der Waals surface area contributed by atoms with E-state index in [1.807, 2.05) is 32.2 Å². The normalized spacial score (nSPS) is 25.1. The lowest BCUT2D eigenvalue weighted by Crippen LogP contribution is -2.48. The minimum Gasteiger partial charge on any atom is -0.390 e. The molecule has 0 radical (unpaired) electrons. The van der Waals surface area contributed by atoms with E-state index in [2.05, 4.69) is 39.6 Å². The molecule has 1 aliphatic carbocycles. The summed E-state index contributed by atoms with van der Waals surface area (Å²) >= 11 is 0. The molecule has 1 aromatic carbocycles. The maximum Gasteiger partial charge on any atom is 0.241 e. The highest BCUT2D eigenvalue weighted by atomic mass is 19.1. The molecule has 0 bridgehead atoms. The third kappa shape index (κ3) is 3.54. The maximum absolute atomic E-state index is 14.9. The fourth-order valence-corrected chi connectivity index (χ4v) is 4.64. The molecular weight excluding hydrogens is 395 g/mol. The maximum atomic E-state index is 14.9. The van der Waals surface area contributed by atoms with Gasteiger partial charge in [0.15, 0.2) is 5.82 Å². The highest BCUT2D eigenvalue weighted by molar-refractivity contribution is 5.98. The standard InChI is InChI=1S/C23H27FN6O/c1-12(2)20-13(3)26-21-17(24)7-14(8-18(21)28-20)16-5-6-30-19(16)11-25-22(29-30)27-15-9-23(4,31)10-15/h5-8,11-12,15,20,28,31H,9-10H2,1-4H3,(H,27,29)/t15?,20-,23?/m0/s1. The number of hydrogen-bond donors (Lipinski definition) is 3. The van der Waals surface area contributed by atoms with Gasteiger partial charge in [0.2, 0.25) is 5.95 Å². The van der Waals surface area contributed by atoms with E-state index in [0.29, 0.717) is 36.1 Å². The summed E-state index contributed by atoms with van der Waals surface area (Å²) in [5.74, 6) is 0.507. The van der Waals surface area contributed by atoms with Gasteiger partial charge in [-0.3, -0.25) is 4.99 Å². The molecule has 8 heteroatoms. The minimum absolute atomic E-state index is 0.0807. The summed E-state index contributed by atoms with van der Waals surface area (Å²) in [4.78, 5) is 8.95. The predicted octanol–water partition coefficient (Wildman–Crippen LogP) is 4.40. The van der Waals surface area contributed by atoms with E-state index < -0.39 is 5.60 Å². The van der Waals surface area contributed by atoms with Gasteiger partial charge in [-0.1, -0.05) is 13.8 Å². The Morgan fingerprint density at radius 3 is 2.81 bits per heavy atom. The molecule has 1 aliphatic heterocycles. The molecule has 1 fully saturated rings. The summed E-state index contributed by atoms with van der Waals surface area (Å²) in [6.45, 7) is 8.01. The van der Waals surface area contributed by atoms with Gasteiger partial charge in [0.25, 0.3) is 0 Å². The Balaban J connectivity index is 1.46. The Morgan fingerprint density at radius 2 is 2.10 bits per heavy atom. The van der Waals surface area contributed by atoms with Gasteiger partial charge in [-0.05, 0) is 56.4 Å². The Hall–Kier alpha value is -3.00. The molecule has 0 saturated heterocycles. The first-order valence-electron chi connectivity index (χ1n) is 10.7. The van der Waals surface area contributed by atoms with Crippen LogP contribution in [0.1, 0.15) is 40.5 Å². The van der Waals surface area contributed by atoms with Gasteiger partial charge < -0.3 is 15.7 Å². The smallest absolute Gasteiger partial charge is 0.241 e. The average molecular weight is 423 g/mol. The second-order valence-electron chi connectivity index (χ2n) is 9.36. The van der Waals surface area contributed by atoms with Crippen LogP contribution in [0.25, 0.3) is 16.6 Å². The molecule has 162 valence electrons. The first-order valence-corrected chi connectivity index (χ1v) is 10.7. The Bertz CT molecular complexity index is 1190. The molecule has 1 saturated carbocycles. The first-order chi connectivity index (χ1) is 14.7. The van der Waals surface area contributed by atoms with Crippen LogP contribution in [0.4, 0.5) is 21.7 Å². The number of nitrogens with zero attached hydrogens (tertiary/aromatic N) is 4. The largest absolute Gasteiger partial charge is 0.390 e. The number of fused-ring (bicyclic) bond motifs is 2. The number of aromatic nitrogens is 3. The number of halogens is 1. The number of anilines is 2. The number of benzene rings is 1. The number of nitrogens with one attached hydrogen (secondary N) is 2. The lowest BCUT2D eigenvalue weighted by Gasteiger charge is -2.41. The molecular formula is C23H27FN6O. The zero-order valence-electron chi connectivity index (χ0n) is 18.1. The van der Waals surface area contributed by atoms with Crippen molar-refractivity contribution in [3.05, 3.63) is 36.4 Å². The average Bonchev–Trinajstić information content (AvgIpc) is 3.09.